The molecule has 69 heavy (non-hydrogen) atoms. The van der Waals surface area contributed by atoms with Crippen LogP contribution in [0.25, 0.3) is 32.7 Å². The van der Waals surface area contributed by atoms with Crippen molar-refractivity contribution in [3.05, 3.63) is 264 Å². The monoisotopic (exact) mass is 1060 g/mol. The van der Waals surface area contributed by atoms with Crippen molar-refractivity contribution in [2.75, 3.05) is 0 Å². The molecule has 10 aromatic rings. The number of benzene rings is 10. The number of hydrogen-bond acceptors (Lipinski definition) is 2. The van der Waals surface area contributed by atoms with Gasteiger partial charge in [-0.25, -0.2) is 0 Å². The molecule has 0 unspecified atom stereocenters. The van der Waals surface area contributed by atoms with Gasteiger partial charge in [0.15, 0.2) is 0 Å². The van der Waals surface area contributed by atoms with E-state index >= 15 is 0 Å². The number of nitrogens with two attached hydrogens (primary N) is 2. The van der Waals surface area contributed by atoms with E-state index in [1.165, 1.54) is 86.8 Å². The number of hydrogen-bond donors (Lipinski definition) is 2. The van der Waals surface area contributed by atoms with Gasteiger partial charge in [-0.1, -0.05) is 253 Å². The second kappa shape index (κ2) is 24.0. The zero-order valence-electron chi connectivity index (χ0n) is 39.3. The SMILES string of the molecule is Cc1ccc(P(c2ccc(C)cc2)c2ccc3ccccc3c2-c2c(P(c3ccc(C)cc3)c3ccc(C)cc3)ccc3ccccc23)cc1.N[C@@H](c1ccccc1)[C@@H](N)c1ccccc1.[Cl][Ru][Cl]. The Labute approximate surface area is 426 Å². The first-order valence-corrected chi connectivity index (χ1v) is 30.2. The molecule has 0 bridgehead atoms. The quantitative estimate of drug-likeness (QED) is 0.106. The summed E-state index contributed by atoms with van der Waals surface area (Å²) in [6.07, 6.45) is 0. The second-order valence-electron chi connectivity index (χ2n) is 17.3. The number of fused-ring (bicyclic) bond motifs is 2. The molecule has 0 saturated heterocycles. The Morgan fingerprint density at radius 3 is 0.884 bits per heavy atom. The molecule has 2 atom stereocenters. The van der Waals surface area contributed by atoms with E-state index in [0.29, 0.717) is 0 Å². The van der Waals surface area contributed by atoms with Crippen molar-refractivity contribution in [3.63, 3.8) is 0 Å². The molecule has 0 aromatic heterocycles. The van der Waals surface area contributed by atoms with Crippen LogP contribution in [0.2, 0.25) is 0 Å². The van der Waals surface area contributed by atoms with Gasteiger partial charge in [0, 0.05) is 12.1 Å². The van der Waals surface area contributed by atoms with Crippen molar-refractivity contribution in [1.29, 1.82) is 0 Å². The van der Waals surface area contributed by atoms with Gasteiger partial charge in [0.2, 0.25) is 0 Å². The van der Waals surface area contributed by atoms with E-state index in [4.69, 9.17) is 30.8 Å². The maximum absolute atomic E-state index is 6.15. The zero-order chi connectivity index (χ0) is 48.3. The molecule has 2 nitrogen and oxygen atoms in total. The third-order valence-corrected chi connectivity index (χ3v) is 17.4. The molecule has 0 spiro atoms. The van der Waals surface area contributed by atoms with Crippen LogP contribution in [0.5, 0.6) is 0 Å². The van der Waals surface area contributed by atoms with Crippen molar-refractivity contribution in [3.8, 4) is 11.1 Å². The van der Waals surface area contributed by atoms with Gasteiger partial charge in [-0.05, 0) is 119 Å². The van der Waals surface area contributed by atoms with Crippen LogP contribution in [-0.4, -0.2) is 0 Å². The van der Waals surface area contributed by atoms with Crippen molar-refractivity contribution in [2.45, 2.75) is 39.8 Å². The van der Waals surface area contributed by atoms with Crippen LogP contribution >= 0.6 is 35.2 Å². The predicted molar refractivity (Wildman–Crippen MR) is 302 cm³/mol. The summed E-state index contributed by atoms with van der Waals surface area (Å²) in [5, 5.41) is 13.4. The van der Waals surface area contributed by atoms with Crippen LogP contribution in [-0.2, 0) is 15.1 Å². The molecule has 0 heterocycles. The summed E-state index contributed by atoms with van der Waals surface area (Å²) >= 11 is -0.346. The third kappa shape index (κ3) is 12.0. The topological polar surface area (TPSA) is 52.0 Å². The molecule has 0 aliphatic carbocycles. The summed E-state index contributed by atoms with van der Waals surface area (Å²) < 4.78 is 0. The van der Waals surface area contributed by atoms with Crippen LogP contribution in [0.3, 0.4) is 0 Å². The van der Waals surface area contributed by atoms with Crippen LogP contribution < -0.4 is 43.3 Å². The molecule has 0 amide bonds. The van der Waals surface area contributed by atoms with E-state index in [1.54, 1.807) is 0 Å². The molecule has 0 aliphatic heterocycles. The van der Waals surface area contributed by atoms with Gasteiger partial charge in [-0.2, -0.15) is 0 Å². The second-order valence-corrected chi connectivity index (χ2v) is 24.3. The molecule has 4 N–H and O–H groups in total. The van der Waals surface area contributed by atoms with E-state index in [0.717, 1.165) is 11.1 Å². The Hall–Kier alpha value is -5.30. The first-order chi connectivity index (χ1) is 33.6. The minimum absolute atomic E-state index is 0.163. The first kappa shape index (κ1) is 50.1. The van der Waals surface area contributed by atoms with E-state index in [1.807, 2.05) is 60.7 Å². The van der Waals surface area contributed by atoms with E-state index in [2.05, 4.69) is 198 Å². The Morgan fingerprint density at radius 2 is 0.594 bits per heavy atom. The minimum atomic E-state index is -0.885. The van der Waals surface area contributed by atoms with Gasteiger partial charge in [-0.15, -0.1) is 0 Å². The van der Waals surface area contributed by atoms with Crippen LogP contribution in [0, 0.1) is 27.7 Å². The predicted octanol–water partition coefficient (Wildman–Crippen LogP) is 14.2. The first-order valence-electron chi connectivity index (χ1n) is 23.0. The molecular weight excluding hydrogens is 1010 g/mol. The molecular formula is C62H56Cl2N2P2Ru. The Kier molecular flexibility index (Phi) is 17.4. The van der Waals surface area contributed by atoms with E-state index in [9.17, 15) is 0 Å². The van der Waals surface area contributed by atoms with E-state index in [-0.39, 0.29) is 27.2 Å². The van der Waals surface area contributed by atoms with Gasteiger partial charge in [0.05, 0.1) is 0 Å². The summed E-state index contributed by atoms with van der Waals surface area (Å²) in [4.78, 5) is 0. The van der Waals surface area contributed by atoms with Gasteiger partial charge in [-0.3, -0.25) is 0 Å². The molecule has 10 rings (SSSR count). The third-order valence-electron chi connectivity index (χ3n) is 12.5. The standard InChI is InChI=1S/C48H40P2.C14H16N2.2ClH.Ru/c1-33-13-23-39(24-14-33)49(40-25-15-34(2)16-26-40)45-31-21-37-9-5-7-11-43(37)47(45)48-44-12-8-6-10-38(44)22-32-46(48)50(41-27-17-35(3)18-28-41)42-29-19-36(4)20-30-42;15-13(11-7-3-1-4-8-11)14(16)12-9-5-2-6-10-12;;;/h5-32H,1-4H3;1-10,13-14H,15-16H2;2*1H;/q;;;;+2/p-2/t;13-,14-;;;/m.0.../s1. The molecule has 346 valence electrons. The molecule has 0 saturated carbocycles. The van der Waals surface area contributed by atoms with Gasteiger partial charge < -0.3 is 11.5 Å². The summed E-state index contributed by atoms with van der Waals surface area (Å²) in [6, 6.07) is 84.2. The van der Waals surface area contributed by atoms with Crippen molar-refractivity contribution < 1.29 is 15.1 Å². The van der Waals surface area contributed by atoms with Crippen molar-refractivity contribution >= 4 is 88.6 Å². The van der Waals surface area contributed by atoms with Gasteiger partial charge in [0.1, 0.15) is 0 Å². The van der Waals surface area contributed by atoms with Crippen molar-refractivity contribution in [1.82, 2.24) is 0 Å². The summed E-state index contributed by atoms with van der Waals surface area (Å²) in [6.45, 7) is 8.72. The Balaban J connectivity index is 0.000000283. The molecule has 0 aliphatic rings. The normalized spacial score (nSPS) is 12.0. The van der Waals surface area contributed by atoms with Gasteiger partial charge in [0.25, 0.3) is 0 Å². The number of rotatable bonds is 10. The van der Waals surface area contributed by atoms with Crippen molar-refractivity contribution in [2.24, 2.45) is 11.5 Å². The summed E-state index contributed by atoms with van der Waals surface area (Å²) in [5.41, 5.74) is 22.3. The molecule has 10 aromatic carbocycles. The van der Waals surface area contributed by atoms with Crippen LogP contribution in [0.1, 0.15) is 45.5 Å². The van der Waals surface area contributed by atoms with E-state index < -0.39 is 15.8 Å². The number of aryl methyl sites for hydroxylation is 4. The van der Waals surface area contributed by atoms with Crippen LogP contribution in [0.4, 0.5) is 0 Å². The number of halogens is 2. The maximum atomic E-state index is 6.15. The summed E-state index contributed by atoms with van der Waals surface area (Å²) in [7, 11) is 7.94. The fourth-order valence-corrected chi connectivity index (χ4v) is 13.7. The Morgan fingerprint density at radius 1 is 0.333 bits per heavy atom. The fraction of sp³-hybridized carbons (Fsp3) is 0.0968. The fourth-order valence-electron chi connectivity index (χ4n) is 8.81. The zero-order valence-corrected chi connectivity index (χ0v) is 44.3. The summed E-state index contributed by atoms with van der Waals surface area (Å²) in [5.74, 6) is 0. The molecule has 0 fully saturated rings. The molecule has 0 radical (unpaired) electrons. The molecule has 7 heteroatoms. The average Bonchev–Trinajstić information content (AvgIpc) is 3.39. The van der Waals surface area contributed by atoms with Crippen LogP contribution in [0.15, 0.2) is 231 Å². The van der Waals surface area contributed by atoms with Gasteiger partial charge >= 0.3 is 34.5 Å². The average molecular weight is 1060 g/mol. The Bertz CT molecular complexity index is 2910.